The van der Waals surface area contributed by atoms with E-state index >= 15 is 0 Å². The van der Waals surface area contributed by atoms with Gasteiger partial charge < -0.3 is 10.0 Å². The lowest BCUT2D eigenvalue weighted by Crippen LogP contribution is -2.45. The lowest BCUT2D eigenvalue weighted by Gasteiger charge is -2.37. The first-order valence-corrected chi connectivity index (χ1v) is 8.53. The second-order valence-corrected chi connectivity index (χ2v) is 8.55. The minimum atomic E-state index is -0.981. The summed E-state index contributed by atoms with van der Waals surface area (Å²) in [6.07, 6.45) is 2.66. The highest BCUT2D eigenvalue weighted by molar-refractivity contribution is 8.00. The normalized spacial score (nSPS) is 18.1. The van der Waals surface area contributed by atoms with Crippen LogP contribution in [-0.2, 0) is 4.79 Å². The quantitative estimate of drug-likeness (QED) is 0.868. The summed E-state index contributed by atoms with van der Waals surface area (Å²) in [5.74, 6) is 0.0198. The van der Waals surface area contributed by atoms with Crippen LogP contribution in [0.15, 0.2) is 12.1 Å². The van der Waals surface area contributed by atoms with E-state index in [1.807, 2.05) is 29.7 Å². The molecule has 0 bridgehead atoms. The lowest BCUT2D eigenvalue weighted by atomic mass is 10.1. The Balaban J connectivity index is 2.16. The molecule has 4 nitrogen and oxygen atoms in total. The summed E-state index contributed by atoms with van der Waals surface area (Å²) in [5.41, 5.74) is 0.937. The van der Waals surface area contributed by atoms with Gasteiger partial charge in [-0.2, -0.15) is 11.8 Å². The highest BCUT2D eigenvalue weighted by Crippen LogP contribution is 2.31. The van der Waals surface area contributed by atoms with E-state index in [4.69, 9.17) is 5.11 Å². The van der Waals surface area contributed by atoms with Crippen LogP contribution < -0.4 is 0 Å². The summed E-state index contributed by atoms with van der Waals surface area (Å²) < 4.78 is 0.0895. The zero-order valence-electron chi connectivity index (χ0n) is 12.4. The van der Waals surface area contributed by atoms with Gasteiger partial charge in [0.25, 0.3) is 5.91 Å². The van der Waals surface area contributed by atoms with E-state index in [1.54, 1.807) is 6.08 Å². The van der Waals surface area contributed by atoms with E-state index < -0.39 is 5.97 Å². The van der Waals surface area contributed by atoms with Crippen molar-refractivity contribution in [2.75, 3.05) is 18.8 Å². The molecule has 2 heterocycles. The maximum atomic E-state index is 12.6. The van der Waals surface area contributed by atoms with Gasteiger partial charge in [0.15, 0.2) is 0 Å². The van der Waals surface area contributed by atoms with Crippen LogP contribution in [-0.4, -0.2) is 45.5 Å². The highest BCUT2D eigenvalue weighted by atomic mass is 32.2. The molecule has 1 saturated heterocycles. The minimum absolute atomic E-state index is 0.0476. The number of hydrogen-bond donors (Lipinski definition) is 1. The Morgan fingerprint density at radius 2 is 2.14 bits per heavy atom. The van der Waals surface area contributed by atoms with Gasteiger partial charge in [-0.1, -0.05) is 0 Å². The van der Waals surface area contributed by atoms with Crippen LogP contribution in [0.5, 0.6) is 0 Å². The molecule has 21 heavy (non-hydrogen) atoms. The van der Waals surface area contributed by atoms with E-state index in [2.05, 4.69) is 13.8 Å². The fraction of sp³-hybridized carbons (Fsp3) is 0.467. The van der Waals surface area contributed by atoms with Crippen molar-refractivity contribution in [2.24, 2.45) is 0 Å². The van der Waals surface area contributed by atoms with Crippen LogP contribution >= 0.6 is 23.1 Å². The Hall–Kier alpha value is -1.27. The molecule has 0 unspecified atom stereocenters. The first-order valence-electron chi connectivity index (χ1n) is 6.73. The number of carbonyl (C=O) groups excluding carboxylic acids is 1. The molecule has 0 aromatic carbocycles. The SMILES string of the molecule is Cc1cc(C(=O)N2CCSC(C)(C)C2)sc1/C=C/C(=O)O. The van der Waals surface area contributed by atoms with Crippen molar-refractivity contribution >= 4 is 41.1 Å². The van der Waals surface area contributed by atoms with Crippen molar-refractivity contribution in [3.05, 3.63) is 27.5 Å². The number of rotatable bonds is 3. The molecular weight excluding hydrogens is 306 g/mol. The number of carboxylic acids is 1. The molecule has 0 spiro atoms. The number of aliphatic carboxylic acids is 1. The first kappa shape index (κ1) is 16.1. The molecular formula is C15H19NO3S2. The summed E-state index contributed by atoms with van der Waals surface area (Å²) in [6, 6.07) is 1.85. The van der Waals surface area contributed by atoms with Crippen molar-refractivity contribution in [1.29, 1.82) is 0 Å². The molecule has 114 valence electrons. The number of aryl methyl sites for hydroxylation is 1. The topological polar surface area (TPSA) is 57.6 Å². The van der Waals surface area contributed by atoms with Gasteiger partial charge in [0.05, 0.1) is 4.88 Å². The zero-order chi connectivity index (χ0) is 15.6. The minimum Gasteiger partial charge on any atom is -0.478 e. The van der Waals surface area contributed by atoms with Crippen LogP contribution in [0.2, 0.25) is 0 Å². The third kappa shape index (κ3) is 4.11. The Morgan fingerprint density at radius 3 is 2.76 bits per heavy atom. The van der Waals surface area contributed by atoms with Gasteiger partial charge in [-0.05, 0) is 38.5 Å². The van der Waals surface area contributed by atoms with Gasteiger partial charge in [-0.25, -0.2) is 4.79 Å². The Morgan fingerprint density at radius 1 is 1.43 bits per heavy atom. The molecule has 1 N–H and O–H groups in total. The molecule has 1 aromatic rings. The molecule has 0 saturated carbocycles. The molecule has 0 aliphatic carbocycles. The predicted octanol–water partition coefficient (Wildman–Crippen LogP) is 3.12. The second kappa shape index (κ2) is 6.23. The molecule has 1 amide bonds. The molecule has 1 aliphatic heterocycles. The van der Waals surface area contributed by atoms with Crippen LogP contribution in [0.4, 0.5) is 0 Å². The maximum absolute atomic E-state index is 12.6. The number of hydrogen-bond acceptors (Lipinski definition) is 4. The summed E-state index contributed by atoms with van der Waals surface area (Å²) in [7, 11) is 0. The Labute approximate surface area is 132 Å². The van der Waals surface area contributed by atoms with Gasteiger partial charge >= 0.3 is 5.97 Å². The summed E-state index contributed by atoms with van der Waals surface area (Å²) in [4.78, 5) is 26.6. The van der Waals surface area contributed by atoms with E-state index in [-0.39, 0.29) is 10.7 Å². The van der Waals surface area contributed by atoms with Gasteiger partial charge in [0.2, 0.25) is 0 Å². The van der Waals surface area contributed by atoms with Crippen molar-refractivity contribution in [1.82, 2.24) is 4.90 Å². The summed E-state index contributed by atoms with van der Waals surface area (Å²) in [6.45, 7) is 7.71. The molecule has 1 aliphatic rings. The zero-order valence-corrected chi connectivity index (χ0v) is 14.0. The van der Waals surface area contributed by atoms with Crippen molar-refractivity contribution < 1.29 is 14.7 Å². The number of thiophene rings is 1. The fourth-order valence-corrected chi connectivity index (χ4v) is 4.42. The number of nitrogens with zero attached hydrogens (tertiary/aromatic N) is 1. The predicted molar refractivity (Wildman–Crippen MR) is 88.2 cm³/mol. The first-order chi connectivity index (χ1) is 9.78. The molecule has 1 aromatic heterocycles. The maximum Gasteiger partial charge on any atom is 0.328 e. The van der Waals surface area contributed by atoms with Crippen molar-refractivity contribution in [3.8, 4) is 0 Å². The largest absolute Gasteiger partial charge is 0.478 e. The Kier molecular flexibility index (Phi) is 4.78. The monoisotopic (exact) mass is 325 g/mol. The van der Waals surface area contributed by atoms with Gasteiger partial charge in [0, 0.05) is 34.5 Å². The average Bonchev–Trinajstić information content (AvgIpc) is 2.75. The third-order valence-electron chi connectivity index (χ3n) is 3.26. The summed E-state index contributed by atoms with van der Waals surface area (Å²) >= 11 is 3.24. The van der Waals surface area contributed by atoms with Crippen molar-refractivity contribution in [2.45, 2.75) is 25.5 Å². The third-order valence-corrected chi connectivity index (χ3v) is 5.74. The van der Waals surface area contributed by atoms with Crippen molar-refractivity contribution in [3.63, 3.8) is 0 Å². The molecule has 1 fully saturated rings. The molecule has 2 rings (SSSR count). The molecule has 0 radical (unpaired) electrons. The van der Waals surface area contributed by atoms with E-state index in [0.717, 1.165) is 35.4 Å². The number of carbonyl (C=O) groups is 2. The number of carboxylic acid groups (broad SMARTS) is 1. The number of thioether (sulfide) groups is 1. The van der Waals surface area contributed by atoms with E-state index in [1.165, 1.54) is 11.3 Å². The van der Waals surface area contributed by atoms with Gasteiger partial charge in [0.1, 0.15) is 0 Å². The smallest absolute Gasteiger partial charge is 0.328 e. The van der Waals surface area contributed by atoms with Gasteiger partial charge in [-0.3, -0.25) is 4.79 Å². The van der Waals surface area contributed by atoms with Crippen LogP contribution in [0.3, 0.4) is 0 Å². The van der Waals surface area contributed by atoms with Gasteiger partial charge in [-0.15, -0.1) is 11.3 Å². The standard InChI is InChI=1S/C15H19NO3S2/c1-10-8-12(21-11(10)4-5-13(17)18)14(19)16-6-7-20-15(2,3)9-16/h4-5,8H,6-7,9H2,1-3H3,(H,17,18)/b5-4+. The average molecular weight is 325 g/mol. The fourth-order valence-electron chi connectivity index (χ4n) is 2.26. The van der Waals surface area contributed by atoms with Crippen LogP contribution in [0, 0.1) is 6.92 Å². The lowest BCUT2D eigenvalue weighted by molar-refractivity contribution is -0.131. The molecule has 0 atom stereocenters. The second-order valence-electron chi connectivity index (χ2n) is 5.66. The van der Waals surface area contributed by atoms with E-state index in [9.17, 15) is 9.59 Å². The molecule has 6 heteroatoms. The highest BCUT2D eigenvalue weighted by Gasteiger charge is 2.30. The Bertz CT molecular complexity index is 590. The van der Waals surface area contributed by atoms with E-state index in [0.29, 0.717) is 4.88 Å². The summed E-state index contributed by atoms with van der Waals surface area (Å²) in [5, 5.41) is 8.68. The van der Waals surface area contributed by atoms with Crippen LogP contribution in [0.25, 0.3) is 6.08 Å². The number of amides is 1. The van der Waals surface area contributed by atoms with Crippen LogP contribution in [0.1, 0.15) is 34.0 Å².